The molecule has 1 aromatic carbocycles. The highest BCUT2D eigenvalue weighted by atomic mass is 16.5. The van der Waals surface area contributed by atoms with Gasteiger partial charge < -0.3 is 15.4 Å². The van der Waals surface area contributed by atoms with Crippen molar-refractivity contribution in [3.05, 3.63) is 34.9 Å². The van der Waals surface area contributed by atoms with E-state index in [4.69, 9.17) is 4.74 Å². The number of ether oxygens (including phenoxy) is 1. The number of methoxy groups -OCH3 is 1. The Morgan fingerprint density at radius 3 is 2.54 bits per heavy atom. The molecule has 1 aromatic rings. The van der Waals surface area contributed by atoms with Crippen molar-refractivity contribution in [3.63, 3.8) is 0 Å². The number of hydrogen-bond donors (Lipinski definition) is 2. The molecule has 0 radical (unpaired) electrons. The lowest BCUT2D eigenvalue weighted by Crippen LogP contribution is -2.38. The van der Waals surface area contributed by atoms with E-state index in [2.05, 4.69) is 10.6 Å². The van der Waals surface area contributed by atoms with E-state index in [1.807, 2.05) is 6.92 Å². The Morgan fingerprint density at radius 2 is 1.85 bits per heavy atom. The minimum Gasteiger partial charge on any atom is -0.383 e. The highest BCUT2D eigenvalue weighted by Crippen LogP contribution is 2.24. The number of carbonyl (C=O) groups excluding carboxylic acids is 4. The summed E-state index contributed by atoms with van der Waals surface area (Å²) in [6, 6.07) is 4.36. The van der Waals surface area contributed by atoms with Gasteiger partial charge in [0.15, 0.2) is 0 Å². The summed E-state index contributed by atoms with van der Waals surface area (Å²) in [6.07, 6.45) is 1.60. The zero-order valence-corrected chi connectivity index (χ0v) is 15.0. The third-order valence-corrected chi connectivity index (χ3v) is 4.01. The molecule has 26 heavy (non-hydrogen) atoms. The summed E-state index contributed by atoms with van der Waals surface area (Å²) in [5.41, 5.74) is 0.759. The van der Waals surface area contributed by atoms with Gasteiger partial charge in [0, 0.05) is 25.8 Å². The lowest BCUT2D eigenvalue weighted by molar-refractivity contribution is -0.120. The van der Waals surface area contributed by atoms with Gasteiger partial charge in [0.1, 0.15) is 0 Å². The van der Waals surface area contributed by atoms with E-state index in [0.29, 0.717) is 25.3 Å². The minimum atomic E-state index is -0.484. The van der Waals surface area contributed by atoms with E-state index in [1.54, 1.807) is 0 Å². The van der Waals surface area contributed by atoms with Crippen LogP contribution in [0.5, 0.6) is 0 Å². The highest BCUT2D eigenvalue weighted by molar-refractivity contribution is 6.22. The quantitative estimate of drug-likeness (QED) is 0.494. The number of nitrogens with one attached hydrogen (secondary N) is 2. The molecule has 0 unspecified atom stereocenters. The molecular weight excluding hydrogens is 338 g/mol. The van der Waals surface area contributed by atoms with Crippen molar-refractivity contribution < 1.29 is 23.9 Å². The molecule has 1 aliphatic heterocycles. The molecule has 8 nitrogen and oxygen atoms in total. The van der Waals surface area contributed by atoms with Gasteiger partial charge in [0.05, 0.1) is 24.3 Å². The van der Waals surface area contributed by atoms with Gasteiger partial charge >= 0.3 is 0 Å². The van der Waals surface area contributed by atoms with Gasteiger partial charge in [-0.15, -0.1) is 0 Å². The molecule has 1 aliphatic rings. The Hall–Kier alpha value is -2.74. The molecule has 0 fully saturated rings. The minimum absolute atomic E-state index is 0.185. The first-order valence-corrected chi connectivity index (χ1v) is 8.53. The molecule has 4 amide bonds. The van der Waals surface area contributed by atoms with E-state index in [-0.39, 0.29) is 35.4 Å². The van der Waals surface area contributed by atoms with Crippen molar-refractivity contribution in [2.24, 2.45) is 0 Å². The Labute approximate surface area is 151 Å². The summed E-state index contributed by atoms with van der Waals surface area (Å²) in [6.45, 7) is 2.90. The fourth-order valence-corrected chi connectivity index (χ4v) is 2.57. The molecule has 0 atom stereocenters. The molecule has 0 spiro atoms. The van der Waals surface area contributed by atoms with Crippen LogP contribution in [0.15, 0.2) is 18.2 Å². The number of rotatable bonds is 9. The van der Waals surface area contributed by atoms with Crippen molar-refractivity contribution in [1.82, 2.24) is 15.5 Å². The molecule has 0 bridgehead atoms. The molecule has 0 saturated heterocycles. The summed E-state index contributed by atoms with van der Waals surface area (Å²) in [7, 11) is 1.52. The molecule has 140 valence electrons. The molecule has 8 heteroatoms. The van der Waals surface area contributed by atoms with Crippen molar-refractivity contribution >= 4 is 23.6 Å². The Morgan fingerprint density at radius 1 is 1.12 bits per heavy atom. The number of benzene rings is 1. The predicted octanol–water partition coefficient (Wildman–Crippen LogP) is 0.575. The van der Waals surface area contributed by atoms with Gasteiger partial charge in [-0.25, -0.2) is 0 Å². The van der Waals surface area contributed by atoms with Crippen LogP contribution in [0, 0.1) is 0 Å². The summed E-state index contributed by atoms with van der Waals surface area (Å²) in [5.74, 6) is -1.54. The first-order chi connectivity index (χ1) is 12.5. The molecular formula is C18H23N3O5. The van der Waals surface area contributed by atoms with E-state index in [9.17, 15) is 19.2 Å². The van der Waals surface area contributed by atoms with Gasteiger partial charge in [-0.05, 0) is 24.6 Å². The van der Waals surface area contributed by atoms with Gasteiger partial charge in [-0.1, -0.05) is 13.3 Å². The first kappa shape index (κ1) is 19.6. The van der Waals surface area contributed by atoms with Crippen LogP contribution in [-0.4, -0.2) is 61.9 Å². The van der Waals surface area contributed by atoms with E-state index in [1.165, 1.54) is 30.2 Å². The average Bonchev–Trinajstić information content (AvgIpc) is 2.88. The van der Waals surface area contributed by atoms with Crippen LogP contribution in [0.1, 0.15) is 50.8 Å². The first-order valence-electron chi connectivity index (χ1n) is 8.53. The fraction of sp³-hybridized carbons (Fsp3) is 0.444. The molecule has 0 aliphatic carbocycles. The van der Waals surface area contributed by atoms with Gasteiger partial charge in [-0.3, -0.25) is 24.1 Å². The van der Waals surface area contributed by atoms with Gasteiger partial charge in [-0.2, -0.15) is 0 Å². The maximum Gasteiger partial charge on any atom is 0.261 e. The lowest BCUT2D eigenvalue weighted by atomic mass is 10.1. The van der Waals surface area contributed by atoms with Crippen LogP contribution in [0.2, 0.25) is 0 Å². The van der Waals surface area contributed by atoms with E-state index < -0.39 is 5.91 Å². The summed E-state index contributed by atoms with van der Waals surface area (Å²) < 4.78 is 4.82. The number of amides is 4. The average molecular weight is 361 g/mol. The van der Waals surface area contributed by atoms with Crippen molar-refractivity contribution in [3.8, 4) is 0 Å². The summed E-state index contributed by atoms with van der Waals surface area (Å²) >= 11 is 0. The molecule has 0 aromatic heterocycles. The maximum absolute atomic E-state index is 12.4. The monoisotopic (exact) mass is 361 g/mol. The highest BCUT2D eigenvalue weighted by Gasteiger charge is 2.35. The Balaban J connectivity index is 2.00. The van der Waals surface area contributed by atoms with Crippen LogP contribution in [0.3, 0.4) is 0 Å². The second kappa shape index (κ2) is 9.10. The number of hydrogen-bond acceptors (Lipinski definition) is 5. The van der Waals surface area contributed by atoms with E-state index >= 15 is 0 Å². The number of carbonyl (C=O) groups is 4. The van der Waals surface area contributed by atoms with Gasteiger partial charge in [0.2, 0.25) is 5.91 Å². The van der Waals surface area contributed by atoms with Gasteiger partial charge in [0.25, 0.3) is 17.7 Å². The van der Waals surface area contributed by atoms with Crippen LogP contribution in [0.4, 0.5) is 0 Å². The number of imide groups is 1. The normalized spacial score (nSPS) is 12.9. The SMILES string of the molecule is CCCCN1C(=O)c2ccc(C(=O)NCC(=O)NCCOC)cc2C1=O. The van der Waals surface area contributed by atoms with E-state index in [0.717, 1.165) is 12.8 Å². The third kappa shape index (κ3) is 4.45. The van der Waals surface area contributed by atoms with Crippen LogP contribution < -0.4 is 10.6 Å². The second-order valence-electron chi connectivity index (χ2n) is 5.90. The Bertz CT molecular complexity index is 717. The maximum atomic E-state index is 12.4. The topological polar surface area (TPSA) is 105 Å². The zero-order chi connectivity index (χ0) is 19.1. The van der Waals surface area contributed by atoms with Crippen molar-refractivity contribution in [1.29, 1.82) is 0 Å². The predicted molar refractivity (Wildman–Crippen MR) is 93.9 cm³/mol. The zero-order valence-electron chi connectivity index (χ0n) is 15.0. The molecule has 1 heterocycles. The number of nitrogens with zero attached hydrogens (tertiary/aromatic N) is 1. The van der Waals surface area contributed by atoms with Crippen molar-refractivity contribution in [2.45, 2.75) is 19.8 Å². The van der Waals surface area contributed by atoms with Crippen LogP contribution >= 0.6 is 0 Å². The van der Waals surface area contributed by atoms with Crippen molar-refractivity contribution in [2.75, 3.05) is 33.4 Å². The number of fused-ring (bicyclic) bond motifs is 1. The summed E-state index contributed by atoms with van der Waals surface area (Å²) in [5, 5.41) is 5.07. The van der Waals surface area contributed by atoms with Crippen LogP contribution in [-0.2, 0) is 9.53 Å². The lowest BCUT2D eigenvalue weighted by Gasteiger charge is -2.12. The Kier molecular flexibility index (Phi) is 6.85. The molecule has 0 saturated carbocycles. The standard InChI is InChI=1S/C18H23N3O5/c1-3-4-8-21-17(24)13-6-5-12(10-14(13)18(21)25)16(23)20-11-15(22)19-7-9-26-2/h5-6,10H,3-4,7-9,11H2,1-2H3,(H,19,22)(H,20,23). The third-order valence-electron chi connectivity index (χ3n) is 4.01. The molecule has 2 rings (SSSR count). The fourth-order valence-electron chi connectivity index (χ4n) is 2.57. The second-order valence-corrected chi connectivity index (χ2v) is 5.90. The molecule has 2 N–H and O–H groups in total. The summed E-state index contributed by atoms with van der Waals surface area (Å²) in [4.78, 5) is 49.7. The smallest absolute Gasteiger partial charge is 0.261 e. The largest absolute Gasteiger partial charge is 0.383 e. The van der Waals surface area contributed by atoms with Crippen LogP contribution in [0.25, 0.3) is 0 Å². The number of unbranched alkanes of at least 4 members (excludes halogenated alkanes) is 1.